The van der Waals surface area contributed by atoms with Gasteiger partial charge in [-0.05, 0) is 102 Å². The van der Waals surface area contributed by atoms with E-state index in [9.17, 15) is 5.11 Å². The van der Waals surface area contributed by atoms with E-state index in [0.717, 1.165) is 44.2 Å². The van der Waals surface area contributed by atoms with Crippen molar-refractivity contribution in [1.82, 2.24) is 4.90 Å². The Morgan fingerprint density at radius 2 is 2.00 bits per heavy atom. The zero-order valence-electron chi connectivity index (χ0n) is 19.0. The van der Waals surface area contributed by atoms with E-state index in [2.05, 4.69) is 37.8 Å². The summed E-state index contributed by atoms with van der Waals surface area (Å²) in [6.45, 7) is 10.4. The van der Waals surface area contributed by atoms with Crippen LogP contribution in [0.1, 0.15) is 85.0 Å². The molecule has 0 amide bonds. The Kier molecular flexibility index (Phi) is 6.88. The van der Waals surface area contributed by atoms with Crippen LogP contribution in [0, 0.1) is 17.3 Å². The van der Waals surface area contributed by atoms with Gasteiger partial charge in [0.25, 0.3) is 0 Å². The van der Waals surface area contributed by atoms with Crippen molar-refractivity contribution < 1.29 is 9.84 Å². The highest BCUT2D eigenvalue weighted by Crippen LogP contribution is 2.58. The zero-order valence-corrected chi connectivity index (χ0v) is 19.0. The van der Waals surface area contributed by atoms with E-state index in [0.29, 0.717) is 17.6 Å². The normalized spacial score (nSPS) is 44.3. The van der Waals surface area contributed by atoms with Gasteiger partial charge in [0.2, 0.25) is 0 Å². The second-order valence-electron chi connectivity index (χ2n) is 10.8. The molecule has 1 N–H and O–H groups in total. The number of hydrogen-bond donors (Lipinski definition) is 1. The van der Waals surface area contributed by atoms with Crippen molar-refractivity contribution in [1.29, 1.82) is 0 Å². The Bertz CT molecular complexity index is 626. The second-order valence-corrected chi connectivity index (χ2v) is 10.8. The number of morpholine rings is 1. The number of hydrogen-bond acceptors (Lipinski definition) is 3. The summed E-state index contributed by atoms with van der Waals surface area (Å²) in [7, 11) is 0. The van der Waals surface area contributed by atoms with Crippen molar-refractivity contribution in [3.8, 4) is 0 Å². The first-order chi connectivity index (χ1) is 14.0. The second kappa shape index (κ2) is 9.24. The first-order valence-electron chi connectivity index (χ1n) is 12.4. The van der Waals surface area contributed by atoms with Gasteiger partial charge in [0, 0.05) is 12.6 Å². The predicted octanol–water partition coefficient (Wildman–Crippen LogP) is 5.49. The van der Waals surface area contributed by atoms with E-state index < -0.39 is 0 Å². The summed E-state index contributed by atoms with van der Waals surface area (Å²) in [4.78, 5) is 2.67. The number of allylic oxidation sites excluding steroid dienone is 3. The molecular formula is C26H43NO2. The summed E-state index contributed by atoms with van der Waals surface area (Å²) in [5, 5.41) is 9.97. The monoisotopic (exact) mass is 401 g/mol. The summed E-state index contributed by atoms with van der Waals surface area (Å²) in [5.74, 6) is 1.65. The van der Waals surface area contributed by atoms with Crippen LogP contribution in [0.25, 0.3) is 0 Å². The molecule has 29 heavy (non-hydrogen) atoms. The van der Waals surface area contributed by atoms with E-state index in [1.54, 1.807) is 5.57 Å². The SMILES string of the molecule is C[C@@H]1CN(CC[C@H]2CCC3/C(=C/C=C4/CCCC(O)C4)CCCC32C)[C@H](C)CO1. The van der Waals surface area contributed by atoms with Crippen molar-refractivity contribution in [2.75, 3.05) is 19.7 Å². The highest BCUT2D eigenvalue weighted by Gasteiger charge is 2.48. The molecule has 1 aliphatic heterocycles. The molecule has 3 nitrogen and oxygen atoms in total. The van der Waals surface area contributed by atoms with Crippen LogP contribution < -0.4 is 0 Å². The molecule has 3 saturated carbocycles. The van der Waals surface area contributed by atoms with Gasteiger partial charge in [-0.2, -0.15) is 0 Å². The van der Waals surface area contributed by atoms with Crippen LogP contribution in [-0.4, -0.2) is 48.0 Å². The quantitative estimate of drug-likeness (QED) is 0.676. The van der Waals surface area contributed by atoms with Crippen molar-refractivity contribution in [2.45, 2.75) is 103 Å². The average Bonchev–Trinajstić information content (AvgIpc) is 3.04. The maximum Gasteiger partial charge on any atom is 0.0674 e. The van der Waals surface area contributed by atoms with E-state index >= 15 is 0 Å². The predicted molar refractivity (Wildman–Crippen MR) is 120 cm³/mol. The topological polar surface area (TPSA) is 32.7 Å². The van der Waals surface area contributed by atoms with Crippen LogP contribution in [0.5, 0.6) is 0 Å². The molecule has 0 radical (unpaired) electrons. The molecule has 0 bridgehead atoms. The van der Waals surface area contributed by atoms with Gasteiger partial charge in [-0.1, -0.05) is 30.2 Å². The van der Waals surface area contributed by atoms with E-state index in [1.807, 2.05) is 0 Å². The number of rotatable bonds is 4. The van der Waals surface area contributed by atoms with Crippen molar-refractivity contribution in [3.05, 3.63) is 23.3 Å². The molecule has 1 heterocycles. The fourth-order valence-corrected chi connectivity index (χ4v) is 6.87. The van der Waals surface area contributed by atoms with Crippen LogP contribution in [-0.2, 0) is 4.74 Å². The smallest absolute Gasteiger partial charge is 0.0674 e. The Morgan fingerprint density at radius 3 is 2.83 bits per heavy atom. The molecular weight excluding hydrogens is 358 g/mol. The van der Waals surface area contributed by atoms with Gasteiger partial charge in [-0.3, -0.25) is 4.90 Å². The third-order valence-corrected chi connectivity index (χ3v) is 8.73. The summed E-state index contributed by atoms with van der Waals surface area (Å²) in [6, 6.07) is 0.565. The molecule has 6 atom stereocenters. The molecule has 164 valence electrons. The summed E-state index contributed by atoms with van der Waals surface area (Å²) in [5.41, 5.74) is 3.67. The molecule has 4 rings (SSSR count). The molecule has 3 heteroatoms. The van der Waals surface area contributed by atoms with Gasteiger partial charge < -0.3 is 9.84 Å². The van der Waals surface area contributed by atoms with Crippen molar-refractivity contribution in [3.63, 3.8) is 0 Å². The van der Waals surface area contributed by atoms with Crippen LogP contribution in [0.3, 0.4) is 0 Å². The molecule has 1 saturated heterocycles. The van der Waals surface area contributed by atoms with Crippen LogP contribution in [0.2, 0.25) is 0 Å². The lowest BCUT2D eigenvalue weighted by Gasteiger charge is -2.44. The third kappa shape index (κ3) is 4.83. The Labute approximate surface area is 178 Å². The molecule has 0 aromatic rings. The van der Waals surface area contributed by atoms with Crippen molar-refractivity contribution in [2.24, 2.45) is 17.3 Å². The maximum atomic E-state index is 9.97. The van der Waals surface area contributed by atoms with E-state index in [1.165, 1.54) is 57.1 Å². The molecule has 0 aromatic carbocycles. The number of fused-ring (bicyclic) bond motifs is 1. The molecule has 4 fully saturated rings. The Hall–Kier alpha value is -0.640. The fraction of sp³-hybridized carbons (Fsp3) is 0.846. The standard InChI is InChI=1S/C26H43NO2/c1-19-18-29-20(2)17-27(19)15-13-23-11-12-25-22(7-5-14-26(23,25)3)10-9-21-6-4-8-24(28)16-21/h9-10,19-20,23-25,28H,4-8,11-18H2,1-3H3/b21-9-,22-10+/t19-,20-,23-,24?,25?,26?/m1/s1. The zero-order chi connectivity index (χ0) is 20.4. The van der Waals surface area contributed by atoms with Gasteiger partial charge in [0.05, 0.1) is 18.8 Å². The highest BCUT2D eigenvalue weighted by molar-refractivity contribution is 5.25. The number of ether oxygens (including phenoxy) is 1. The third-order valence-electron chi connectivity index (χ3n) is 8.73. The molecule has 3 unspecified atom stereocenters. The van der Waals surface area contributed by atoms with E-state index in [-0.39, 0.29) is 6.10 Å². The number of aliphatic hydroxyl groups is 1. The lowest BCUT2D eigenvalue weighted by Crippen LogP contribution is -2.48. The van der Waals surface area contributed by atoms with Crippen LogP contribution >= 0.6 is 0 Å². The number of nitrogens with zero attached hydrogens (tertiary/aromatic N) is 1. The highest BCUT2D eigenvalue weighted by atomic mass is 16.5. The van der Waals surface area contributed by atoms with Gasteiger partial charge in [-0.25, -0.2) is 0 Å². The molecule has 0 aromatic heterocycles. The first kappa shape index (κ1) is 21.6. The molecule has 0 spiro atoms. The largest absolute Gasteiger partial charge is 0.393 e. The van der Waals surface area contributed by atoms with Crippen LogP contribution in [0.15, 0.2) is 23.3 Å². The molecule has 3 aliphatic carbocycles. The molecule has 4 aliphatic rings. The lowest BCUT2D eigenvalue weighted by molar-refractivity contribution is -0.0525. The van der Waals surface area contributed by atoms with Gasteiger partial charge in [-0.15, -0.1) is 0 Å². The minimum Gasteiger partial charge on any atom is -0.393 e. The average molecular weight is 402 g/mol. The maximum absolute atomic E-state index is 9.97. The Balaban J connectivity index is 1.39. The minimum atomic E-state index is -0.105. The summed E-state index contributed by atoms with van der Waals surface area (Å²) < 4.78 is 5.83. The number of aliphatic hydroxyl groups excluding tert-OH is 1. The van der Waals surface area contributed by atoms with Gasteiger partial charge >= 0.3 is 0 Å². The summed E-state index contributed by atoms with van der Waals surface area (Å²) >= 11 is 0. The fourth-order valence-electron chi connectivity index (χ4n) is 6.87. The summed E-state index contributed by atoms with van der Waals surface area (Å²) in [6.07, 6.45) is 17.5. The van der Waals surface area contributed by atoms with E-state index in [4.69, 9.17) is 4.74 Å². The van der Waals surface area contributed by atoms with Crippen LogP contribution in [0.4, 0.5) is 0 Å². The Morgan fingerprint density at radius 1 is 1.14 bits per heavy atom. The van der Waals surface area contributed by atoms with Gasteiger partial charge in [0.1, 0.15) is 0 Å². The first-order valence-corrected chi connectivity index (χ1v) is 12.4. The lowest BCUT2D eigenvalue weighted by atomic mass is 9.63. The van der Waals surface area contributed by atoms with Crippen molar-refractivity contribution >= 4 is 0 Å². The minimum absolute atomic E-state index is 0.105. The van der Waals surface area contributed by atoms with Gasteiger partial charge in [0.15, 0.2) is 0 Å².